The normalized spacial score (nSPS) is 16.0. The summed E-state index contributed by atoms with van der Waals surface area (Å²) in [6, 6.07) is 11.4. The maximum absolute atomic E-state index is 13.3. The van der Waals surface area contributed by atoms with Gasteiger partial charge in [0, 0.05) is 5.39 Å². The van der Waals surface area contributed by atoms with Gasteiger partial charge in [0.05, 0.1) is 11.5 Å². The summed E-state index contributed by atoms with van der Waals surface area (Å²) >= 11 is 0. The summed E-state index contributed by atoms with van der Waals surface area (Å²) in [5, 5.41) is 11.8. The summed E-state index contributed by atoms with van der Waals surface area (Å²) in [7, 11) is 0. The fraction of sp³-hybridized carbons (Fsp3) is 0.542. The molecule has 1 N–H and O–H groups in total. The Morgan fingerprint density at radius 1 is 0.963 bits per heavy atom. The molecule has 0 aliphatic carbocycles. The lowest BCUT2D eigenvalue weighted by molar-refractivity contribution is -0.154. The van der Waals surface area contributed by atoms with E-state index in [9.17, 15) is 9.90 Å². The summed E-state index contributed by atoms with van der Waals surface area (Å²) in [6.07, 6.45) is 0.145. The van der Waals surface area contributed by atoms with Crippen molar-refractivity contribution in [1.29, 1.82) is 0 Å². The van der Waals surface area contributed by atoms with Crippen LogP contribution in [0.5, 0.6) is 5.75 Å². The molecule has 0 radical (unpaired) electrons. The van der Waals surface area contributed by atoms with Crippen molar-refractivity contribution in [2.45, 2.75) is 67.9 Å². The van der Waals surface area contributed by atoms with Crippen LogP contribution in [0.25, 0.3) is 10.8 Å². The van der Waals surface area contributed by atoms with Crippen molar-refractivity contribution in [3.63, 3.8) is 0 Å². The molecule has 0 fully saturated rings. The first-order valence-corrected chi connectivity index (χ1v) is 9.68. The Balaban J connectivity index is 2.49. The van der Waals surface area contributed by atoms with Crippen molar-refractivity contribution in [3.05, 3.63) is 42.0 Å². The molecule has 0 saturated heterocycles. The second-order valence-electron chi connectivity index (χ2n) is 10.1. The zero-order valence-electron chi connectivity index (χ0n) is 18.0. The van der Waals surface area contributed by atoms with Crippen LogP contribution < -0.4 is 4.74 Å². The van der Waals surface area contributed by atoms with E-state index in [0.717, 1.165) is 22.8 Å². The van der Waals surface area contributed by atoms with Gasteiger partial charge in [-0.15, -0.1) is 0 Å². The Morgan fingerprint density at radius 2 is 1.52 bits per heavy atom. The predicted octanol–water partition coefficient (Wildman–Crippen LogP) is 6.29. The number of esters is 1. The number of aliphatic hydroxyl groups excluding tert-OH is 1. The maximum Gasteiger partial charge on any atom is 0.317 e. The molecule has 0 aromatic heterocycles. The minimum atomic E-state index is -0.630. The summed E-state index contributed by atoms with van der Waals surface area (Å²) in [6.45, 7) is 16.5. The zero-order valence-corrected chi connectivity index (χ0v) is 18.0. The third kappa shape index (κ3) is 4.52. The van der Waals surface area contributed by atoms with Crippen LogP contribution in [0.3, 0.4) is 0 Å². The third-order valence-corrected chi connectivity index (χ3v) is 5.56. The fourth-order valence-electron chi connectivity index (χ4n) is 3.68. The van der Waals surface area contributed by atoms with Gasteiger partial charge in [-0.2, -0.15) is 0 Å². The highest BCUT2D eigenvalue weighted by Gasteiger charge is 2.48. The first-order chi connectivity index (χ1) is 12.3. The van der Waals surface area contributed by atoms with Crippen LogP contribution in [-0.2, 0) is 4.79 Å². The van der Waals surface area contributed by atoms with Gasteiger partial charge in [0.2, 0.25) is 0 Å². The number of fused-ring (bicyclic) bond motifs is 1. The molecule has 27 heavy (non-hydrogen) atoms. The Bertz CT molecular complexity index is 822. The highest BCUT2D eigenvalue weighted by Crippen LogP contribution is 2.47. The number of ether oxygens (including phenoxy) is 1. The van der Waals surface area contributed by atoms with Crippen LogP contribution in [0, 0.1) is 16.2 Å². The Labute approximate surface area is 163 Å². The summed E-state index contributed by atoms with van der Waals surface area (Å²) in [5.74, 6) is 0.337. The SMILES string of the molecule is CC(O)c1cccc2c(OC(=O)C(C)(CC(C)(C)C)C(C)(C)C)cccc12. The molecule has 2 unspecified atom stereocenters. The molecule has 148 valence electrons. The number of carbonyl (C=O) groups excluding carboxylic acids is 1. The van der Waals surface area contributed by atoms with Gasteiger partial charge in [0.1, 0.15) is 5.75 Å². The van der Waals surface area contributed by atoms with Gasteiger partial charge in [-0.25, -0.2) is 0 Å². The molecule has 0 heterocycles. The third-order valence-electron chi connectivity index (χ3n) is 5.56. The molecule has 2 aromatic rings. The Hall–Kier alpha value is -1.87. The lowest BCUT2D eigenvalue weighted by atomic mass is 9.61. The number of carbonyl (C=O) groups is 1. The lowest BCUT2D eigenvalue weighted by Crippen LogP contribution is -2.45. The van der Waals surface area contributed by atoms with Crippen molar-refractivity contribution in [2.24, 2.45) is 16.2 Å². The average Bonchev–Trinajstić information content (AvgIpc) is 2.51. The highest BCUT2D eigenvalue weighted by atomic mass is 16.5. The van der Waals surface area contributed by atoms with Gasteiger partial charge in [0.15, 0.2) is 0 Å². The Morgan fingerprint density at radius 3 is 2.04 bits per heavy atom. The number of hydrogen-bond donors (Lipinski definition) is 1. The molecule has 0 aliphatic rings. The largest absolute Gasteiger partial charge is 0.425 e. The number of benzene rings is 2. The van der Waals surface area contributed by atoms with Gasteiger partial charge in [-0.1, -0.05) is 71.9 Å². The van der Waals surface area contributed by atoms with Crippen LogP contribution in [-0.4, -0.2) is 11.1 Å². The van der Waals surface area contributed by atoms with E-state index in [1.54, 1.807) is 6.92 Å². The topological polar surface area (TPSA) is 46.5 Å². The van der Waals surface area contributed by atoms with Gasteiger partial charge in [0.25, 0.3) is 0 Å². The average molecular weight is 371 g/mol. The van der Waals surface area contributed by atoms with E-state index in [-0.39, 0.29) is 16.8 Å². The Kier molecular flexibility index (Phi) is 5.77. The predicted molar refractivity (Wildman–Crippen MR) is 112 cm³/mol. The van der Waals surface area contributed by atoms with Crippen LogP contribution in [0.15, 0.2) is 36.4 Å². The lowest BCUT2D eigenvalue weighted by Gasteiger charge is -2.43. The van der Waals surface area contributed by atoms with Crippen LogP contribution in [0.1, 0.15) is 73.5 Å². The van der Waals surface area contributed by atoms with E-state index in [1.165, 1.54) is 0 Å². The van der Waals surface area contributed by atoms with E-state index in [0.29, 0.717) is 5.75 Å². The monoisotopic (exact) mass is 370 g/mol. The molecule has 2 rings (SSSR count). The fourth-order valence-corrected chi connectivity index (χ4v) is 3.68. The van der Waals surface area contributed by atoms with Crippen LogP contribution in [0.4, 0.5) is 0 Å². The van der Waals surface area contributed by atoms with Gasteiger partial charge in [-0.05, 0) is 48.1 Å². The minimum absolute atomic E-state index is 0.000699. The number of aliphatic hydroxyl groups is 1. The summed E-state index contributed by atoms with van der Waals surface area (Å²) in [5.41, 5.74) is -0.0416. The van der Waals surface area contributed by atoms with Crippen LogP contribution in [0.2, 0.25) is 0 Å². The van der Waals surface area contributed by atoms with Crippen molar-refractivity contribution < 1.29 is 14.6 Å². The summed E-state index contributed by atoms with van der Waals surface area (Å²) < 4.78 is 5.98. The first-order valence-electron chi connectivity index (χ1n) is 9.68. The van der Waals surface area contributed by atoms with Crippen molar-refractivity contribution in [2.75, 3.05) is 0 Å². The zero-order chi connectivity index (χ0) is 20.6. The van der Waals surface area contributed by atoms with Gasteiger partial charge in [-0.3, -0.25) is 4.79 Å². The van der Waals surface area contributed by atoms with Crippen molar-refractivity contribution >= 4 is 16.7 Å². The highest BCUT2D eigenvalue weighted by molar-refractivity contribution is 5.93. The smallest absolute Gasteiger partial charge is 0.317 e. The van der Waals surface area contributed by atoms with Crippen molar-refractivity contribution in [3.8, 4) is 5.75 Å². The quantitative estimate of drug-likeness (QED) is 0.508. The molecule has 0 saturated carbocycles. The molecular weight excluding hydrogens is 336 g/mol. The molecule has 0 amide bonds. The molecular formula is C24H34O3. The van der Waals surface area contributed by atoms with Crippen molar-refractivity contribution in [1.82, 2.24) is 0 Å². The maximum atomic E-state index is 13.3. The van der Waals surface area contributed by atoms with Crippen LogP contribution >= 0.6 is 0 Å². The number of rotatable bonds is 4. The molecule has 3 heteroatoms. The van der Waals surface area contributed by atoms with E-state index in [1.807, 2.05) is 43.3 Å². The van der Waals surface area contributed by atoms with Gasteiger partial charge < -0.3 is 9.84 Å². The summed E-state index contributed by atoms with van der Waals surface area (Å²) in [4.78, 5) is 13.3. The second kappa shape index (κ2) is 7.27. The first kappa shape index (κ1) is 21.4. The molecule has 0 bridgehead atoms. The second-order valence-corrected chi connectivity index (χ2v) is 10.1. The standard InChI is InChI=1S/C24H34O3/c1-16(25)17-11-9-13-19-18(17)12-10-14-20(19)27-21(26)24(8,23(5,6)7)15-22(2,3)4/h9-14,16,25H,15H2,1-8H3. The molecule has 2 aromatic carbocycles. The molecule has 0 aliphatic heterocycles. The molecule has 3 nitrogen and oxygen atoms in total. The van der Waals surface area contributed by atoms with Gasteiger partial charge >= 0.3 is 5.97 Å². The van der Waals surface area contributed by atoms with E-state index >= 15 is 0 Å². The van der Waals surface area contributed by atoms with E-state index in [4.69, 9.17) is 4.74 Å². The van der Waals surface area contributed by atoms with E-state index < -0.39 is 11.5 Å². The molecule has 2 atom stereocenters. The number of hydrogen-bond acceptors (Lipinski definition) is 3. The van der Waals surface area contributed by atoms with E-state index in [2.05, 4.69) is 41.5 Å². The molecule has 0 spiro atoms. The minimum Gasteiger partial charge on any atom is -0.425 e.